The monoisotopic (exact) mass is 431 g/mol. The van der Waals surface area contributed by atoms with Crippen LogP contribution in [0, 0.1) is 5.92 Å². The summed E-state index contributed by atoms with van der Waals surface area (Å²) in [5.74, 6) is 0.958. The van der Waals surface area contributed by atoms with E-state index in [4.69, 9.17) is 0 Å². The van der Waals surface area contributed by atoms with Gasteiger partial charge in [0.15, 0.2) is 5.82 Å². The number of thiophene rings is 1. The highest BCUT2D eigenvalue weighted by atomic mass is 32.1. The zero-order chi connectivity index (χ0) is 21.0. The number of hydrogen-bond donors (Lipinski definition) is 2. The van der Waals surface area contributed by atoms with Gasteiger partial charge in [0.1, 0.15) is 5.69 Å². The summed E-state index contributed by atoms with van der Waals surface area (Å²) < 4.78 is 0. The molecule has 5 rings (SSSR count). The van der Waals surface area contributed by atoms with E-state index in [2.05, 4.69) is 37.5 Å². The number of hydrogen-bond acceptors (Lipinski definition) is 5. The number of aromatic amines is 1. The fraction of sp³-hybridized carbons (Fsp3) is 0.292. The standard InChI is InChI=1S/C24H25N5OS/c30-24(25-12-11-17-15-26-20-7-2-1-6-19(17)20)18-5-3-13-29(16-18)23-10-9-21(27-28-23)22-8-4-14-31-22/h1-2,4,6-10,14-15,18,26H,3,5,11-13,16H2,(H,25,30). The second kappa shape index (κ2) is 8.89. The number of amides is 1. The molecule has 158 valence electrons. The van der Waals surface area contributed by atoms with E-state index in [0.717, 1.165) is 47.7 Å². The van der Waals surface area contributed by atoms with Gasteiger partial charge in [-0.25, -0.2) is 0 Å². The third-order valence-corrected chi connectivity index (χ3v) is 6.80. The molecule has 3 aromatic heterocycles. The quantitative estimate of drug-likeness (QED) is 0.478. The molecule has 7 heteroatoms. The van der Waals surface area contributed by atoms with Crippen molar-refractivity contribution < 1.29 is 4.79 Å². The number of nitrogens with zero attached hydrogens (tertiary/aromatic N) is 3. The number of carbonyl (C=O) groups is 1. The number of para-hydroxylation sites is 1. The lowest BCUT2D eigenvalue weighted by Crippen LogP contribution is -2.43. The molecule has 0 bridgehead atoms. The maximum Gasteiger partial charge on any atom is 0.224 e. The minimum absolute atomic E-state index is 0.0181. The molecule has 0 radical (unpaired) electrons. The molecule has 1 unspecified atom stereocenters. The van der Waals surface area contributed by atoms with E-state index < -0.39 is 0 Å². The number of carbonyl (C=O) groups excluding carboxylic acids is 1. The third-order valence-electron chi connectivity index (χ3n) is 5.91. The first kappa shape index (κ1) is 19.8. The molecular weight excluding hydrogens is 406 g/mol. The van der Waals surface area contributed by atoms with Crippen LogP contribution < -0.4 is 10.2 Å². The fourth-order valence-corrected chi connectivity index (χ4v) is 4.94. The fourth-order valence-electron chi connectivity index (χ4n) is 4.25. The minimum Gasteiger partial charge on any atom is -0.361 e. The van der Waals surface area contributed by atoms with E-state index in [1.165, 1.54) is 10.9 Å². The Hall–Kier alpha value is -3.19. The van der Waals surface area contributed by atoms with E-state index >= 15 is 0 Å². The van der Waals surface area contributed by atoms with Crippen molar-refractivity contribution in [1.29, 1.82) is 0 Å². The second-order valence-corrected chi connectivity index (χ2v) is 8.89. The molecule has 0 saturated carbocycles. The van der Waals surface area contributed by atoms with Gasteiger partial charge in [-0.2, -0.15) is 0 Å². The van der Waals surface area contributed by atoms with Gasteiger partial charge >= 0.3 is 0 Å². The Morgan fingerprint density at radius 2 is 2.10 bits per heavy atom. The van der Waals surface area contributed by atoms with Gasteiger partial charge in [-0.05, 0) is 54.5 Å². The Labute approximate surface area is 185 Å². The van der Waals surface area contributed by atoms with E-state index in [0.29, 0.717) is 13.1 Å². The first-order valence-electron chi connectivity index (χ1n) is 10.7. The average molecular weight is 432 g/mol. The van der Waals surface area contributed by atoms with E-state index in [1.807, 2.05) is 48.0 Å². The number of benzene rings is 1. The maximum absolute atomic E-state index is 12.8. The number of H-pyrrole nitrogens is 1. The highest BCUT2D eigenvalue weighted by Gasteiger charge is 2.26. The summed E-state index contributed by atoms with van der Waals surface area (Å²) in [7, 11) is 0. The van der Waals surface area contributed by atoms with E-state index in [1.54, 1.807) is 11.3 Å². The third kappa shape index (κ3) is 4.32. The molecule has 1 aromatic carbocycles. The van der Waals surface area contributed by atoms with Gasteiger partial charge in [0.2, 0.25) is 5.91 Å². The van der Waals surface area contributed by atoms with Crippen molar-refractivity contribution in [3.63, 3.8) is 0 Å². The molecule has 1 atom stereocenters. The van der Waals surface area contributed by atoms with Gasteiger partial charge in [0, 0.05) is 36.7 Å². The molecule has 1 aliphatic rings. The first-order valence-corrected chi connectivity index (χ1v) is 11.6. The van der Waals surface area contributed by atoms with Crippen LogP contribution in [-0.4, -0.2) is 40.7 Å². The molecule has 4 aromatic rings. The number of rotatable bonds is 6. The molecule has 0 aliphatic carbocycles. The largest absolute Gasteiger partial charge is 0.361 e. The molecule has 31 heavy (non-hydrogen) atoms. The predicted molar refractivity (Wildman–Crippen MR) is 125 cm³/mol. The van der Waals surface area contributed by atoms with Gasteiger partial charge in [0.05, 0.1) is 10.8 Å². The highest BCUT2D eigenvalue weighted by molar-refractivity contribution is 7.13. The summed E-state index contributed by atoms with van der Waals surface area (Å²) in [5.41, 5.74) is 3.27. The molecular formula is C24H25N5OS. The van der Waals surface area contributed by atoms with Crippen molar-refractivity contribution in [3.05, 3.63) is 65.7 Å². The van der Waals surface area contributed by atoms with Crippen LogP contribution in [0.3, 0.4) is 0 Å². The van der Waals surface area contributed by atoms with Gasteiger partial charge in [-0.1, -0.05) is 24.3 Å². The number of anilines is 1. The van der Waals surface area contributed by atoms with Crippen LogP contribution in [0.2, 0.25) is 0 Å². The lowest BCUT2D eigenvalue weighted by atomic mass is 9.97. The van der Waals surface area contributed by atoms with Crippen LogP contribution in [0.5, 0.6) is 0 Å². The van der Waals surface area contributed by atoms with Crippen LogP contribution in [0.4, 0.5) is 5.82 Å². The van der Waals surface area contributed by atoms with Crippen LogP contribution in [0.15, 0.2) is 60.1 Å². The smallest absolute Gasteiger partial charge is 0.224 e. The molecule has 1 saturated heterocycles. The highest BCUT2D eigenvalue weighted by Crippen LogP contribution is 2.25. The van der Waals surface area contributed by atoms with E-state index in [-0.39, 0.29) is 11.8 Å². The van der Waals surface area contributed by atoms with Crippen LogP contribution in [0.1, 0.15) is 18.4 Å². The number of fused-ring (bicyclic) bond motifs is 1. The van der Waals surface area contributed by atoms with Gasteiger partial charge in [-0.15, -0.1) is 21.5 Å². The Balaban J connectivity index is 1.16. The molecule has 1 amide bonds. The zero-order valence-electron chi connectivity index (χ0n) is 17.3. The molecule has 6 nitrogen and oxygen atoms in total. The summed E-state index contributed by atoms with van der Waals surface area (Å²) in [5, 5.41) is 15.2. The predicted octanol–water partition coefficient (Wildman–Crippen LogP) is 4.26. The number of aromatic nitrogens is 3. The summed E-state index contributed by atoms with van der Waals surface area (Å²) in [4.78, 5) is 19.4. The normalized spacial score (nSPS) is 16.5. The van der Waals surface area contributed by atoms with Crippen LogP contribution in [0.25, 0.3) is 21.5 Å². The van der Waals surface area contributed by atoms with Gasteiger partial charge in [-0.3, -0.25) is 4.79 Å². The van der Waals surface area contributed by atoms with Crippen LogP contribution in [-0.2, 0) is 11.2 Å². The second-order valence-electron chi connectivity index (χ2n) is 7.94. The minimum atomic E-state index is -0.0181. The lowest BCUT2D eigenvalue weighted by Gasteiger charge is -2.32. The maximum atomic E-state index is 12.8. The van der Waals surface area contributed by atoms with Gasteiger partial charge in [0.25, 0.3) is 0 Å². The van der Waals surface area contributed by atoms with Crippen molar-refractivity contribution in [2.24, 2.45) is 5.92 Å². The Kier molecular flexibility index (Phi) is 5.67. The van der Waals surface area contributed by atoms with Crippen LogP contribution >= 0.6 is 11.3 Å². The van der Waals surface area contributed by atoms with E-state index in [9.17, 15) is 4.79 Å². The van der Waals surface area contributed by atoms with Crippen molar-refractivity contribution in [2.75, 3.05) is 24.5 Å². The van der Waals surface area contributed by atoms with Crippen molar-refractivity contribution in [1.82, 2.24) is 20.5 Å². The number of nitrogens with one attached hydrogen (secondary N) is 2. The Morgan fingerprint density at radius 1 is 1.16 bits per heavy atom. The van der Waals surface area contributed by atoms with Crippen molar-refractivity contribution in [2.45, 2.75) is 19.3 Å². The SMILES string of the molecule is O=C(NCCc1c[nH]c2ccccc12)C1CCCN(c2ccc(-c3cccs3)nn2)C1. The average Bonchev–Trinajstić information content (AvgIpc) is 3.50. The molecule has 1 fully saturated rings. The Bertz CT molecular complexity index is 1150. The summed E-state index contributed by atoms with van der Waals surface area (Å²) in [6, 6.07) is 16.4. The summed E-state index contributed by atoms with van der Waals surface area (Å²) in [6.45, 7) is 2.24. The molecule has 1 aliphatic heterocycles. The van der Waals surface area contributed by atoms with Crippen molar-refractivity contribution >= 4 is 34.0 Å². The lowest BCUT2D eigenvalue weighted by molar-refractivity contribution is -0.125. The topological polar surface area (TPSA) is 73.9 Å². The molecule has 4 heterocycles. The van der Waals surface area contributed by atoms with Gasteiger partial charge < -0.3 is 15.2 Å². The number of piperidine rings is 1. The van der Waals surface area contributed by atoms with Crippen molar-refractivity contribution in [3.8, 4) is 10.6 Å². The summed E-state index contributed by atoms with van der Waals surface area (Å²) in [6.07, 6.45) is 4.75. The Morgan fingerprint density at radius 3 is 2.94 bits per heavy atom. The molecule has 0 spiro atoms. The summed E-state index contributed by atoms with van der Waals surface area (Å²) >= 11 is 1.66. The zero-order valence-corrected chi connectivity index (χ0v) is 18.1. The molecule has 2 N–H and O–H groups in total. The first-order chi connectivity index (χ1) is 15.3.